The molecular weight excluding hydrogens is 256 g/mol. The van der Waals surface area contributed by atoms with Crippen molar-refractivity contribution in [1.82, 2.24) is 0 Å². The van der Waals surface area contributed by atoms with Gasteiger partial charge in [-0.3, -0.25) is 0 Å². The van der Waals surface area contributed by atoms with Gasteiger partial charge in [0.15, 0.2) is 0 Å². The summed E-state index contributed by atoms with van der Waals surface area (Å²) in [6, 6.07) is 2.35. The molecule has 1 aliphatic heterocycles. The fraction of sp³-hybridized carbons (Fsp3) is 0.700. The van der Waals surface area contributed by atoms with E-state index in [2.05, 4.69) is 54.5 Å². The van der Waals surface area contributed by atoms with E-state index in [1.165, 1.54) is 47.3 Å². The second kappa shape index (κ2) is 4.51. The topological polar surface area (TPSA) is 9.23 Å². The van der Waals surface area contributed by atoms with Crippen molar-refractivity contribution in [3.8, 4) is 5.75 Å². The summed E-state index contributed by atoms with van der Waals surface area (Å²) < 4.78 is 6.74. The predicted octanol–water partition coefficient (Wildman–Crippen LogP) is 5.69. The lowest BCUT2D eigenvalue weighted by atomic mass is 9.52. The molecule has 1 heterocycles. The third-order valence-corrected chi connectivity index (χ3v) is 6.42. The maximum Gasteiger partial charge on any atom is 0.127 e. The molecule has 0 saturated heterocycles. The van der Waals surface area contributed by atoms with Gasteiger partial charge in [0.1, 0.15) is 11.4 Å². The maximum atomic E-state index is 6.74. The molecule has 0 amide bonds. The summed E-state index contributed by atoms with van der Waals surface area (Å²) in [7, 11) is 0. The molecule has 116 valence electrons. The van der Waals surface area contributed by atoms with Crippen LogP contribution < -0.4 is 4.74 Å². The van der Waals surface area contributed by atoms with Crippen LogP contribution in [0.3, 0.4) is 0 Å². The largest absolute Gasteiger partial charge is 0.486 e. The molecule has 0 radical (unpaired) electrons. The van der Waals surface area contributed by atoms with Crippen LogP contribution in [0.1, 0.15) is 75.1 Å². The molecule has 2 aliphatic rings. The van der Waals surface area contributed by atoms with E-state index in [1.807, 2.05) is 0 Å². The first kappa shape index (κ1) is 14.9. The number of benzene rings is 1. The number of fused-ring (bicyclic) bond motifs is 1. The molecule has 1 aromatic rings. The highest BCUT2D eigenvalue weighted by Gasteiger charge is 2.59. The Morgan fingerprint density at radius 3 is 2.19 bits per heavy atom. The van der Waals surface area contributed by atoms with Gasteiger partial charge in [0.25, 0.3) is 0 Å². The van der Waals surface area contributed by atoms with E-state index < -0.39 is 0 Å². The van der Waals surface area contributed by atoms with Crippen molar-refractivity contribution in [2.75, 3.05) is 0 Å². The van der Waals surface area contributed by atoms with E-state index in [-0.39, 0.29) is 11.0 Å². The fourth-order valence-electron chi connectivity index (χ4n) is 4.97. The first-order chi connectivity index (χ1) is 9.71. The summed E-state index contributed by atoms with van der Waals surface area (Å²) in [5.74, 6) is 2.44. The number of hydrogen-bond acceptors (Lipinski definition) is 1. The smallest absolute Gasteiger partial charge is 0.127 e. The minimum absolute atomic E-state index is 0.0694. The molecule has 1 saturated carbocycles. The molecule has 1 spiro atoms. The van der Waals surface area contributed by atoms with Gasteiger partial charge >= 0.3 is 0 Å². The van der Waals surface area contributed by atoms with Crippen LogP contribution in [-0.2, 0) is 0 Å². The molecule has 1 unspecified atom stereocenters. The highest BCUT2D eigenvalue weighted by molar-refractivity contribution is 5.54. The van der Waals surface area contributed by atoms with Crippen molar-refractivity contribution in [2.45, 2.75) is 79.2 Å². The Bertz CT molecular complexity index is 576. The minimum Gasteiger partial charge on any atom is -0.486 e. The summed E-state index contributed by atoms with van der Waals surface area (Å²) in [5.41, 5.74) is 5.88. The van der Waals surface area contributed by atoms with Crippen molar-refractivity contribution < 1.29 is 4.74 Å². The quantitative estimate of drug-likeness (QED) is 0.644. The van der Waals surface area contributed by atoms with Gasteiger partial charge in [-0.2, -0.15) is 0 Å². The minimum atomic E-state index is 0.0694. The van der Waals surface area contributed by atoms with Gasteiger partial charge in [0, 0.05) is 11.0 Å². The third-order valence-electron chi connectivity index (χ3n) is 6.42. The van der Waals surface area contributed by atoms with Crippen molar-refractivity contribution >= 4 is 0 Å². The number of aryl methyl sites for hydroxylation is 2. The average molecular weight is 286 g/mol. The van der Waals surface area contributed by atoms with Gasteiger partial charge in [-0.05, 0) is 68.6 Å². The highest BCUT2D eigenvalue weighted by atomic mass is 16.5. The van der Waals surface area contributed by atoms with Crippen molar-refractivity contribution in [3.05, 3.63) is 28.3 Å². The molecule has 3 rings (SSSR count). The summed E-state index contributed by atoms with van der Waals surface area (Å²) in [6.07, 6.45) is 3.75. The van der Waals surface area contributed by atoms with Crippen LogP contribution in [0.2, 0.25) is 0 Å². The lowest BCUT2D eigenvalue weighted by molar-refractivity contribution is -0.135. The van der Waals surface area contributed by atoms with Crippen LogP contribution in [0.4, 0.5) is 0 Å². The zero-order chi connectivity index (χ0) is 15.6. The van der Waals surface area contributed by atoms with E-state index in [1.54, 1.807) is 0 Å². The Balaban J connectivity index is 2.28. The Hall–Kier alpha value is -0.980. The fourth-order valence-corrected chi connectivity index (χ4v) is 4.97. The average Bonchev–Trinajstić information content (AvgIpc) is 2.31. The second-order valence-electron chi connectivity index (χ2n) is 8.27. The van der Waals surface area contributed by atoms with Crippen LogP contribution >= 0.6 is 0 Å². The van der Waals surface area contributed by atoms with E-state index in [0.717, 1.165) is 0 Å². The Morgan fingerprint density at radius 2 is 1.71 bits per heavy atom. The molecule has 1 fully saturated rings. The molecular formula is C20H30O. The van der Waals surface area contributed by atoms with Crippen LogP contribution in [-0.4, -0.2) is 5.60 Å². The van der Waals surface area contributed by atoms with Crippen molar-refractivity contribution in [3.63, 3.8) is 0 Å². The summed E-state index contributed by atoms with van der Waals surface area (Å²) in [4.78, 5) is 0. The number of ether oxygens (including phenoxy) is 1. The third kappa shape index (κ3) is 1.82. The molecule has 0 aromatic heterocycles. The van der Waals surface area contributed by atoms with E-state index >= 15 is 0 Å². The second-order valence-corrected chi connectivity index (χ2v) is 8.27. The monoisotopic (exact) mass is 286 g/mol. The van der Waals surface area contributed by atoms with E-state index in [4.69, 9.17) is 4.74 Å². The number of rotatable bonds is 1. The Kier molecular flexibility index (Phi) is 3.21. The Morgan fingerprint density at radius 1 is 1.10 bits per heavy atom. The van der Waals surface area contributed by atoms with E-state index in [0.29, 0.717) is 11.8 Å². The zero-order valence-corrected chi connectivity index (χ0v) is 14.8. The lowest BCUT2D eigenvalue weighted by Crippen LogP contribution is -2.60. The van der Waals surface area contributed by atoms with Crippen LogP contribution in [0.25, 0.3) is 0 Å². The molecule has 1 aliphatic carbocycles. The normalized spacial score (nSPS) is 25.4. The summed E-state index contributed by atoms with van der Waals surface area (Å²) in [5, 5.41) is 0. The lowest BCUT2D eigenvalue weighted by Gasteiger charge is -2.60. The van der Waals surface area contributed by atoms with Gasteiger partial charge < -0.3 is 4.74 Å². The predicted molar refractivity (Wildman–Crippen MR) is 89.2 cm³/mol. The maximum absolute atomic E-state index is 6.74. The van der Waals surface area contributed by atoms with Crippen LogP contribution in [0, 0.1) is 32.1 Å². The van der Waals surface area contributed by atoms with Crippen molar-refractivity contribution in [2.24, 2.45) is 11.3 Å². The van der Waals surface area contributed by atoms with E-state index in [9.17, 15) is 0 Å². The summed E-state index contributed by atoms with van der Waals surface area (Å²) in [6.45, 7) is 16.3. The van der Waals surface area contributed by atoms with Gasteiger partial charge in [0.05, 0.1) is 0 Å². The van der Waals surface area contributed by atoms with Crippen molar-refractivity contribution in [1.29, 1.82) is 0 Å². The molecule has 1 atom stereocenters. The Labute approximate surface area is 130 Å². The summed E-state index contributed by atoms with van der Waals surface area (Å²) >= 11 is 0. The van der Waals surface area contributed by atoms with Crippen LogP contribution in [0.15, 0.2) is 6.07 Å². The van der Waals surface area contributed by atoms with Gasteiger partial charge in [-0.1, -0.05) is 33.8 Å². The standard InChI is InChI=1S/C20H30O/c1-12(2)17-16-14(4)11-13(3)15(5)18(16)21-20(9-8-10-20)19(17,6)7/h11-12,17H,8-10H2,1-7H3. The first-order valence-electron chi connectivity index (χ1n) is 8.51. The molecule has 21 heavy (non-hydrogen) atoms. The molecule has 0 bridgehead atoms. The van der Waals surface area contributed by atoms with Crippen LogP contribution in [0.5, 0.6) is 5.75 Å². The first-order valence-corrected chi connectivity index (χ1v) is 8.51. The zero-order valence-electron chi connectivity index (χ0n) is 14.8. The molecule has 0 N–H and O–H groups in total. The highest BCUT2D eigenvalue weighted by Crippen LogP contribution is 2.63. The molecule has 1 heteroatoms. The van der Waals surface area contributed by atoms with Gasteiger partial charge in [-0.15, -0.1) is 0 Å². The SMILES string of the molecule is Cc1cc(C)c2c(c1C)OC1(CCC1)C(C)(C)C2C(C)C. The molecule has 1 nitrogen and oxygen atoms in total. The molecule has 1 aromatic carbocycles. The van der Waals surface area contributed by atoms with Gasteiger partial charge in [-0.25, -0.2) is 0 Å². The van der Waals surface area contributed by atoms with Gasteiger partial charge in [0.2, 0.25) is 0 Å². The number of hydrogen-bond donors (Lipinski definition) is 0.